The van der Waals surface area contributed by atoms with Gasteiger partial charge in [0.15, 0.2) is 0 Å². The number of carboxylic acids is 1. The minimum absolute atomic E-state index is 0.131. The third kappa shape index (κ3) is 34.7. The van der Waals surface area contributed by atoms with Crippen LogP contribution >= 0.6 is 25.3 Å². The van der Waals surface area contributed by atoms with Crippen LogP contribution in [0.5, 0.6) is 5.75 Å². The van der Waals surface area contributed by atoms with Crippen molar-refractivity contribution in [2.24, 2.45) is 28.7 Å². The van der Waals surface area contributed by atoms with Gasteiger partial charge in [0.1, 0.15) is 71.7 Å². The lowest BCUT2D eigenvalue weighted by Gasteiger charge is -2.34. The van der Waals surface area contributed by atoms with E-state index in [1.807, 2.05) is 18.2 Å². The number of rotatable bonds is 54. The fraction of sp³-hybridized carbons (Fsp3) is 0.494. The first-order valence-corrected chi connectivity index (χ1v) is 41.3. The number of fused-ring (bicyclic) bond motifs is 2. The van der Waals surface area contributed by atoms with E-state index in [0.717, 1.165) is 17.7 Å². The van der Waals surface area contributed by atoms with Crippen LogP contribution in [-0.2, 0) is 106 Å². The molecule has 26 N–H and O–H groups in total. The standard InChI is InChI=1S/C83H117N19O21S2/c1-44(103)67(100-72(114)55(28-30-61(85)105)93-78(120)68(81(3,4)124)99-65(109)32-33-66(110)111)77(119)96-59(40-50-42-90-53-20-12-11-19-52(50)53)75(117)92-56(29-31-62(86)106)73(115)101-69(82(5,6)125)79(121)97-57(38-46-23-26-51(123-8)27-24-46)74(116)94-58(39-47-22-25-48-17-9-10-18-49(48)37-47)76(118)102-83(7,34-14-15-35-84)80(122)98-54(21-13-16-36-89-45(2)104)71(113)95-60(41-63(87)107)70(112)91-43-64(88)108/h9-12,17-20,22-27,37,42,44,54-60,67-69,90,103,124-125H,13-16,21,28-36,38-41,43,84H2,1-8H3,(H2,85,105)(H2,86,106)(H2,87,107)(H2,88,108)(H,89,104)(H,91,112)(H,92,117)(H,93,120)(H,94,116)(H,95,113)(H,96,119)(H,97,121)(H,98,122)(H,99,109)(H,100,114)(H,101,115)(H,102,118)(H,110,111)/t44-,54+,55+,56+,57+,58+,59+,60+,67+,68-,69-,83+/m1/s1. The summed E-state index contributed by atoms with van der Waals surface area (Å²) in [4.78, 5) is 250. The molecule has 125 heavy (non-hydrogen) atoms. The smallest absolute Gasteiger partial charge is 0.303 e. The number of carboxylic acid groups (broad SMARTS) is 1. The van der Waals surface area contributed by atoms with Gasteiger partial charge in [-0.2, -0.15) is 25.3 Å². The number of amides is 17. The highest BCUT2D eigenvalue weighted by atomic mass is 32.1. The number of hydrogen-bond donors (Lipinski definition) is 23. The summed E-state index contributed by atoms with van der Waals surface area (Å²) in [6.07, 6.45) is -4.83. The van der Waals surface area contributed by atoms with Crippen LogP contribution in [0.1, 0.15) is 149 Å². The van der Waals surface area contributed by atoms with E-state index in [2.05, 4.69) is 86.7 Å². The number of primary amides is 4. The third-order valence-corrected chi connectivity index (χ3v) is 20.6. The summed E-state index contributed by atoms with van der Waals surface area (Å²) in [5, 5.41) is 55.6. The van der Waals surface area contributed by atoms with Crippen LogP contribution in [0, 0.1) is 0 Å². The van der Waals surface area contributed by atoms with Crippen molar-refractivity contribution in [2.75, 3.05) is 26.7 Å². The Morgan fingerprint density at radius 2 is 0.984 bits per heavy atom. The zero-order valence-corrected chi connectivity index (χ0v) is 72.7. The zero-order chi connectivity index (χ0) is 93.2. The Balaban J connectivity index is 1.55. The molecule has 42 heteroatoms. The van der Waals surface area contributed by atoms with Crippen molar-refractivity contribution in [1.29, 1.82) is 0 Å². The molecule has 0 bridgehead atoms. The minimum atomic E-state index is -1.99. The number of aliphatic hydroxyl groups is 1. The number of benzene rings is 4. The minimum Gasteiger partial charge on any atom is -0.497 e. The maximum atomic E-state index is 15.6. The van der Waals surface area contributed by atoms with Crippen molar-refractivity contribution in [1.82, 2.24) is 74.1 Å². The van der Waals surface area contributed by atoms with E-state index in [9.17, 15) is 62.6 Å². The predicted molar refractivity (Wildman–Crippen MR) is 465 cm³/mol. The molecule has 0 unspecified atom stereocenters. The molecule has 0 aliphatic heterocycles. The Labute approximate surface area is 732 Å². The quantitative estimate of drug-likeness (QED) is 0.0138. The van der Waals surface area contributed by atoms with E-state index in [0.29, 0.717) is 39.8 Å². The molecule has 40 nitrogen and oxygen atoms in total. The van der Waals surface area contributed by atoms with Gasteiger partial charge >= 0.3 is 5.97 Å². The number of nitrogens with two attached hydrogens (primary N) is 5. The molecule has 682 valence electrons. The summed E-state index contributed by atoms with van der Waals surface area (Å²) in [6.45, 7) is 9.05. The van der Waals surface area contributed by atoms with Crippen LogP contribution < -0.4 is 103 Å². The molecule has 17 amide bonds. The summed E-state index contributed by atoms with van der Waals surface area (Å²) >= 11 is 9.18. The number of carbonyl (C=O) groups is 18. The molecule has 0 radical (unpaired) electrons. The highest BCUT2D eigenvalue weighted by Crippen LogP contribution is 2.26. The fourth-order valence-electron chi connectivity index (χ4n) is 13.2. The Hall–Kier alpha value is -12.4. The van der Waals surface area contributed by atoms with Gasteiger partial charge in [-0.05, 0) is 145 Å². The molecule has 1 heterocycles. The van der Waals surface area contributed by atoms with Crippen LogP contribution in [0.4, 0.5) is 0 Å². The van der Waals surface area contributed by atoms with Crippen LogP contribution in [0.15, 0.2) is 97.2 Å². The van der Waals surface area contributed by atoms with Crippen LogP contribution in [0.3, 0.4) is 0 Å². The summed E-state index contributed by atoms with van der Waals surface area (Å²) < 4.78 is 2.39. The van der Waals surface area contributed by atoms with Gasteiger partial charge in [0.2, 0.25) is 100 Å². The summed E-state index contributed by atoms with van der Waals surface area (Å²) in [5.74, 6) is -17.9. The van der Waals surface area contributed by atoms with Gasteiger partial charge in [-0.3, -0.25) is 86.3 Å². The molecule has 0 saturated carbocycles. The van der Waals surface area contributed by atoms with Crippen molar-refractivity contribution in [3.05, 3.63) is 114 Å². The molecule has 0 aliphatic carbocycles. The van der Waals surface area contributed by atoms with Crippen LogP contribution in [-0.4, -0.2) is 230 Å². The Morgan fingerprint density at radius 1 is 0.480 bits per heavy atom. The topological polar surface area (TPSA) is 659 Å². The number of nitrogens with one attached hydrogen (secondary N) is 14. The number of carbonyl (C=O) groups excluding carboxylic acids is 17. The van der Waals surface area contributed by atoms with Gasteiger partial charge in [-0.25, -0.2) is 0 Å². The van der Waals surface area contributed by atoms with Gasteiger partial charge in [0.05, 0.1) is 32.6 Å². The normalized spacial score (nSPS) is 14.5. The molecule has 0 aliphatic rings. The van der Waals surface area contributed by atoms with Gasteiger partial charge < -0.3 is 118 Å². The number of aromatic amines is 1. The summed E-state index contributed by atoms with van der Waals surface area (Å²) in [7, 11) is 1.42. The Kier molecular flexibility index (Phi) is 40.5. The van der Waals surface area contributed by atoms with E-state index < -0.39 is 240 Å². The van der Waals surface area contributed by atoms with Crippen molar-refractivity contribution in [3.8, 4) is 5.75 Å². The Morgan fingerprint density at radius 3 is 1.55 bits per heavy atom. The molecule has 5 rings (SSSR count). The number of aliphatic carboxylic acids is 1. The number of thiol groups is 2. The second-order valence-corrected chi connectivity index (χ2v) is 34.0. The SMILES string of the molecule is COc1ccc(C[C@H](NC(=O)[C@@H](NC(=O)[C@H](CCC(N)=O)NC(=O)[C@H](Cc2c[nH]c3ccccc23)NC(=O)[C@@H](NC(=O)[C@H](CCC(N)=O)NC(=O)[C@@H](NC(=O)CCC(=O)O)C(C)(C)S)[C@@H](C)O)C(C)(C)S)C(=O)N[C@@H](Cc2ccc3ccccc3c2)C(=O)N[C@@](C)(CCCCN)C(=O)N[C@@H](CCCCNC(C)=O)C(=O)N[C@@H](CC(N)=O)C(=O)NCC(N)=O)cc1. The summed E-state index contributed by atoms with van der Waals surface area (Å²) in [6, 6.07) is 8.39. The van der Waals surface area contributed by atoms with E-state index >= 15 is 28.8 Å². The second-order valence-electron chi connectivity index (χ2n) is 31.7. The molecule has 1 aromatic heterocycles. The first-order valence-electron chi connectivity index (χ1n) is 40.4. The molecule has 0 saturated heterocycles. The summed E-state index contributed by atoms with van der Waals surface area (Å²) in [5.41, 5.74) is 27.6. The van der Waals surface area contributed by atoms with Gasteiger partial charge in [0.25, 0.3) is 0 Å². The number of hydrogen-bond acceptors (Lipinski definition) is 23. The van der Waals surface area contributed by atoms with Gasteiger partial charge in [0, 0.05) is 78.6 Å². The molecule has 4 aromatic carbocycles. The average molecular weight is 1780 g/mol. The largest absolute Gasteiger partial charge is 0.497 e. The number of aliphatic hydroxyl groups excluding tert-OH is 1. The maximum Gasteiger partial charge on any atom is 0.303 e. The fourth-order valence-corrected chi connectivity index (χ4v) is 13.5. The van der Waals surface area contributed by atoms with Crippen LogP contribution in [0.25, 0.3) is 21.7 Å². The van der Waals surface area contributed by atoms with Crippen molar-refractivity contribution < 1.29 is 101 Å². The zero-order valence-electron chi connectivity index (χ0n) is 71.0. The number of H-pyrrole nitrogens is 1. The van der Waals surface area contributed by atoms with Gasteiger partial charge in [-0.1, -0.05) is 72.8 Å². The highest BCUT2D eigenvalue weighted by Gasteiger charge is 2.44. The van der Waals surface area contributed by atoms with E-state index in [4.69, 9.17) is 51.1 Å². The number of aromatic nitrogens is 1. The molecular formula is C83H117N19O21S2. The van der Waals surface area contributed by atoms with Crippen molar-refractivity contribution in [2.45, 2.75) is 233 Å². The molecule has 12 atom stereocenters. The molecule has 5 aromatic rings. The Bertz CT molecular complexity index is 4690. The van der Waals surface area contributed by atoms with Crippen molar-refractivity contribution in [3.63, 3.8) is 0 Å². The van der Waals surface area contributed by atoms with E-state index in [1.165, 1.54) is 54.8 Å². The first-order chi connectivity index (χ1) is 58.7. The van der Waals surface area contributed by atoms with Gasteiger partial charge in [-0.15, -0.1) is 0 Å². The second kappa shape index (κ2) is 49.2. The van der Waals surface area contributed by atoms with E-state index in [-0.39, 0.29) is 63.9 Å². The van der Waals surface area contributed by atoms with Crippen molar-refractivity contribution >= 4 is 153 Å². The third-order valence-electron chi connectivity index (χ3n) is 20.1. The number of ether oxygens (including phenoxy) is 1. The predicted octanol–water partition coefficient (Wildman–Crippen LogP) is -2.81. The van der Waals surface area contributed by atoms with Crippen LogP contribution in [0.2, 0.25) is 0 Å². The lowest BCUT2D eigenvalue weighted by atomic mass is 9.91. The monoisotopic (exact) mass is 1780 g/mol. The lowest BCUT2D eigenvalue weighted by molar-refractivity contribution is -0.139. The number of unbranched alkanes of at least 4 members (excludes halogenated alkanes) is 2. The van der Waals surface area contributed by atoms with E-state index in [1.54, 1.807) is 72.8 Å². The average Bonchev–Trinajstić information content (AvgIpc) is 1.71. The highest BCUT2D eigenvalue weighted by molar-refractivity contribution is 7.82. The number of methoxy groups -OCH3 is 1. The maximum absolute atomic E-state index is 15.6. The molecule has 0 fully saturated rings. The number of para-hydroxylation sites is 1. The first kappa shape index (κ1) is 103. The lowest BCUT2D eigenvalue weighted by Crippen LogP contribution is -2.65. The molecule has 0 spiro atoms. The molecular weight excluding hydrogens is 1660 g/mol.